The Bertz CT molecular complexity index is 946. The lowest BCUT2D eigenvalue weighted by atomic mass is 10.2. The molecule has 0 amide bonds. The molecule has 0 aliphatic carbocycles. The maximum absolute atomic E-state index is 8.67. The van der Waals surface area contributed by atoms with Crippen molar-refractivity contribution >= 4 is 11.4 Å². The van der Waals surface area contributed by atoms with E-state index in [1.165, 1.54) is 0 Å². The summed E-state index contributed by atoms with van der Waals surface area (Å²) in [4.78, 5) is 4.37. The van der Waals surface area contributed by atoms with Gasteiger partial charge in [-0.3, -0.25) is 5.43 Å². The van der Waals surface area contributed by atoms with Crippen LogP contribution in [0.3, 0.4) is 0 Å². The van der Waals surface area contributed by atoms with E-state index >= 15 is 0 Å². The fourth-order valence-electron chi connectivity index (χ4n) is 1.96. The molecule has 24 heavy (non-hydrogen) atoms. The average Bonchev–Trinajstić information content (AvgIpc) is 3.14. The van der Waals surface area contributed by atoms with Crippen LogP contribution in [0.2, 0.25) is 0 Å². The topological polar surface area (TPSA) is 111 Å². The largest absolute Gasteiger partial charge is 0.334 e. The lowest BCUT2D eigenvalue weighted by Crippen LogP contribution is -1.96. The number of nitrogens with one attached hydrogen (secondary N) is 1. The van der Waals surface area contributed by atoms with E-state index in [1.54, 1.807) is 30.3 Å². The van der Waals surface area contributed by atoms with Crippen molar-refractivity contribution in [3.05, 3.63) is 54.6 Å². The molecule has 0 bridgehead atoms. The minimum Gasteiger partial charge on any atom is -0.334 e. The minimum atomic E-state index is -0.260. The SMILES string of the molecule is N#CC(C#N)=NNc1cccc(-c2nc(-c3ccccc3)no2)c1. The molecule has 0 unspecified atom stereocenters. The molecule has 0 aliphatic heterocycles. The number of hydrogen-bond acceptors (Lipinski definition) is 7. The van der Waals surface area contributed by atoms with Gasteiger partial charge in [0.15, 0.2) is 0 Å². The molecule has 1 N–H and O–H groups in total. The van der Waals surface area contributed by atoms with Crippen LogP contribution in [0.4, 0.5) is 5.69 Å². The van der Waals surface area contributed by atoms with E-state index in [4.69, 9.17) is 15.0 Å². The summed E-state index contributed by atoms with van der Waals surface area (Å²) in [6.45, 7) is 0. The fourth-order valence-corrected chi connectivity index (χ4v) is 1.96. The summed E-state index contributed by atoms with van der Waals surface area (Å²) in [5.74, 6) is 0.862. The Balaban J connectivity index is 1.85. The summed E-state index contributed by atoms with van der Waals surface area (Å²) < 4.78 is 5.30. The minimum absolute atomic E-state index is 0.260. The van der Waals surface area contributed by atoms with E-state index in [2.05, 4.69) is 20.7 Å². The molecule has 0 fully saturated rings. The molecule has 3 aromatic rings. The monoisotopic (exact) mass is 314 g/mol. The van der Waals surface area contributed by atoms with Gasteiger partial charge in [-0.2, -0.15) is 20.6 Å². The van der Waals surface area contributed by atoms with Crippen LogP contribution in [-0.4, -0.2) is 15.9 Å². The second-order valence-corrected chi connectivity index (χ2v) is 4.67. The van der Waals surface area contributed by atoms with Gasteiger partial charge in [-0.1, -0.05) is 41.6 Å². The van der Waals surface area contributed by atoms with Crippen molar-refractivity contribution in [3.63, 3.8) is 0 Å². The number of nitriles is 2. The van der Waals surface area contributed by atoms with E-state index in [9.17, 15) is 0 Å². The summed E-state index contributed by atoms with van der Waals surface area (Å²) in [5, 5.41) is 25.0. The van der Waals surface area contributed by atoms with Crippen molar-refractivity contribution in [2.24, 2.45) is 5.10 Å². The zero-order chi connectivity index (χ0) is 16.8. The zero-order valence-corrected chi connectivity index (χ0v) is 12.3. The number of hydrogen-bond donors (Lipinski definition) is 1. The van der Waals surface area contributed by atoms with E-state index in [-0.39, 0.29) is 5.71 Å². The molecule has 0 spiro atoms. The molecule has 1 aromatic heterocycles. The van der Waals surface area contributed by atoms with Gasteiger partial charge in [0.25, 0.3) is 5.89 Å². The quantitative estimate of drug-likeness (QED) is 0.584. The third kappa shape index (κ3) is 3.26. The Morgan fingerprint density at radius 2 is 1.75 bits per heavy atom. The highest BCUT2D eigenvalue weighted by molar-refractivity contribution is 6.10. The predicted octanol–water partition coefficient (Wildman–Crippen LogP) is 3.22. The highest BCUT2D eigenvalue weighted by atomic mass is 16.5. The fraction of sp³-hybridized carbons (Fsp3) is 0. The molecular weight excluding hydrogens is 304 g/mol. The molecule has 3 rings (SSSR count). The van der Waals surface area contributed by atoms with Gasteiger partial charge >= 0.3 is 0 Å². The molecule has 0 aliphatic rings. The van der Waals surface area contributed by atoms with Gasteiger partial charge < -0.3 is 4.52 Å². The number of rotatable bonds is 4. The van der Waals surface area contributed by atoms with Crippen molar-refractivity contribution in [1.82, 2.24) is 10.1 Å². The molecule has 1 heterocycles. The van der Waals surface area contributed by atoms with Crippen molar-refractivity contribution in [3.8, 4) is 35.0 Å². The van der Waals surface area contributed by atoms with Crippen LogP contribution in [0.15, 0.2) is 64.2 Å². The van der Waals surface area contributed by atoms with Crippen LogP contribution in [0, 0.1) is 22.7 Å². The molecular formula is C17H10N6O. The normalized spacial score (nSPS) is 9.58. The van der Waals surface area contributed by atoms with Gasteiger partial charge in [0, 0.05) is 11.1 Å². The van der Waals surface area contributed by atoms with Crippen molar-refractivity contribution in [1.29, 1.82) is 10.5 Å². The molecule has 7 heteroatoms. The number of aromatic nitrogens is 2. The Morgan fingerprint density at radius 1 is 1.00 bits per heavy atom. The van der Waals surface area contributed by atoms with Crippen molar-refractivity contribution in [2.75, 3.05) is 5.43 Å². The molecule has 0 saturated carbocycles. The molecule has 2 aromatic carbocycles. The molecule has 0 saturated heterocycles. The van der Waals surface area contributed by atoms with Gasteiger partial charge in [-0.25, -0.2) is 0 Å². The Kier molecular flexibility index (Phi) is 4.27. The van der Waals surface area contributed by atoms with Crippen LogP contribution in [0.25, 0.3) is 22.8 Å². The molecule has 0 atom stereocenters. The average molecular weight is 314 g/mol. The van der Waals surface area contributed by atoms with Crippen LogP contribution < -0.4 is 5.43 Å². The first-order chi connectivity index (χ1) is 11.8. The second kappa shape index (κ2) is 6.86. The number of benzene rings is 2. The lowest BCUT2D eigenvalue weighted by molar-refractivity contribution is 0.432. The standard InChI is InChI=1S/C17H10N6O/c18-10-15(11-19)22-21-14-8-4-7-13(9-14)17-20-16(23-24-17)12-5-2-1-3-6-12/h1-9,21H. The summed E-state index contributed by atoms with van der Waals surface area (Å²) in [6.07, 6.45) is 0. The number of anilines is 1. The number of nitrogens with zero attached hydrogens (tertiary/aromatic N) is 5. The van der Waals surface area contributed by atoms with E-state index in [0.717, 1.165) is 5.56 Å². The summed E-state index contributed by atoms with van der Waals surface area (Å²) >= 11 is 0. The van der Waals surface area contributed by atoms with E-state index in [0.29, 0.717) is 23.0 Å². The summed E-state index contributed by atoms with van der Waals surface area (Å²) in [7, 11) is 0. The Hall–Kier alpha value is -3.97. The lowest BCUT2D eigenvalue weighted by Gasteiger charge is -2.01. The van der Waals surface area contributed by atoms with Gasteiger partial charge in [-0.05, 0) is 18.2 Å². The van der Waals surface area contributed by atoms with Crippen molar-refractivity contribution in [2.45, 2.75) is 0 Å². The smallest absolute Gasteiger partial charge is 0.258 e. The molecule has 114 valence electrons. The van der Waals surface area contributed by atoms with Gasteiger partial charge in [-0.15, -0.1) is 0 Å². The summed E-state index contributed by atoms with van der Waals surface area (Å²) in [5.41, 5.74) is 4.54. The highest BCUT2D eigenvalue weighted by Gasteiger charge is 2.10. The van der Waals surface area contributed by atoms with Crippen LogP contribution >= 0.6 is 0 Å². The maximum atomic E-state index is 8.67. The first-order valence-electron chi connectivity index (χ1n) is 6.93. The van der Waals surface area contributed by atoms with Gasteiger partial charge in [0.2, 0.25) is 11.5 Å². The summed E-state index contributed by atoms with van der Waals surface area (Å²) in [6, 6.07) is 19.9. The molecule has 0 radical (unpaired) electrons. The Labute approximate surface area is 137 Å². The predicted molar refractivity (Wildman–Crippen MR) is 87.5 cm³/mol. The number of hydrazone groups is 1. The third-order valence-corrected chi connectivity index (χ3v) is 3.08. The van der Waals surface area contributed by atoms with Gasteiger partial charge in [0.05, 0.1) is 5.69 Å². The second-order valence-electron chi connectivity index (χ2n) is 4.67. The first-order valence-corrected chi connectivity index (χ1v) is 6.93. The highest BCUT2D eigenvalue weighted by Crippen LogP contribution is 2.24. The van der Waals surface area contributed by atoms with Crippen molar-refractivity contribution < 1.29 is 4.52 Å². The van der Waals surface area contributed by atoms with Gasteiger partial charge in [0.1, 0.15) is 12.1 Å². The Morgan fingerprint density at radius 3 is 2.50 bits per heavy atom. The molecule has 7 nitrogen and oxygen atoms in total. The maximum Gasteiger partial charge on any atom is 0.258 e. The third-order valence-electron chi connectivity index (χ3n) is 3.08. The van der Waals surface area contributed by atoms with E-state index < -0.39 is 0 Å². The van der Waals surface area contributed by atoms with E-state index in [1.807, 2.05) is 36.4 Å². The van der Waals surface area contributed by atoms with Crippen LogP contribution in [0.1, 0.15) is 0 Å². The van der Waals surface area contributed by atoms with Crippen LogP contribution in [0.5, 0.6) is 0 Å². The first kappa shape index (κ1) is 14.9. The zero-order valence-electron chi connectivity index (χ0n) is 12.3. The van der Waals surface area contributed by atoms with Crippen LogP contribution in [-0.2, 0) is 0 Å².